The Bertz CT molecular complexity index is 705. The lowest BCUT2D eigenvalue weighted by Crippen LogP contribution is -2.05. The molecule has 142 valence electrons. The Morgan fingerprint density at radius 3 is 2.19 bits per heavy atom. The first-order valence-corrected chi connectivity index (χ1v) is 9.25. The van der Waals surface area contributed by atoms with Crippen molar-refractivity contribution >= 4 is 11.8 Å². The number of ether oxygens (including phenoxy) is 1. The van der Waals surface area contributed by atoms with Gasteiger partial charge in [0.05, 0.1) is 12.0 Å². The summed E-state index contributed by atoms with van der Waals surface area (Å²) in [7, 11) is 0. The van der Waals surface area contributed by atoms with E-state index >= 15 is 0 Å². The molecule has 0 saturated heterocycles. The highest BCUT2D eigenvalue weighted by atomic mass is 16.5. The Morgan fingerprint density at radius 1 is 0.962 bits per heavy atom. The van der Waals surface area contributed by atoms with Gasteiger partial charge in [0.1, 0.15) is 12.4 Å². The Kier molecular flexibility index (Phi) is 11.4. The van der Waals surface area contributed by atoms with Crippen LogP contribution in [0.5, 0.6) is 5.75 Å². The summed E-state index contributed by atoms with van der Waals surface area (Å²) in [6.45, 7) is 12.3. The zero-order valence-electron chi connectivity index (χ0n) is 16.6. The molecule has 3 rings (SSSR count). The third-order valence-corrected chi connectivity index (χ3v) is 3.29. The fourth-order valence-electron chi connectivity index (χ4n) is 2.33. The lowest BCUT2D eigenvalue weighted by molar-refractivity contribution is -0.136. The molecule has 0 fully saturated rings. The Hall–Kier alpha value is -2.62. The summed E-state index contributed by atoms with van der Waals surface area (Å²) in [5.41, 5.74) is 2.47. The van der Waals surface area contributed by atoms with Gasteiger partial charge in [0.2, 0.25) is 0 Å². The van der Waals surface area contributed by atoms with Crippen LogP contribution in [-0.4, -0.2) is 16.9 Å². The third-order valence-electron chi connectivity index (χ3n) is 3.29. The van der Waals surface area contributed by atoms with E-state index in [2.05, 4.69) is 0 Å². The standard InChI is InChI=1S/C16H12O4.3C2H6/c17-15(18)8-10-5-6-14-13(7-10)16(19)12-4-2-1-3-11(12)9-20-14;3*1-2/h1-7H,8-9H2,(H,17,18);3*1-2H3. The lowest BCUT2D eigenvalue weighted by Gasteiger charge is -2.07. The second-order valence-electron chi connectivity index (χ2n) is 4.68. The molecule has 2 aromatic rings. The third kappa shape index (κ3) is 6.03. The maximum absolute atomic E-state index is 12.5. The molecule has 1 aliphatic heterocycles. The minimum Gasteiger partial charge on any atom is -0.488 e. The van der Waals surface area contributed by atoms with Crippen LogP contribution in [0.15, 0.2) is 42.5 Å². The molecule has 0 amide bonds. The fraction of sp³-hybridized carbons (Fsp3) is 0.364. The summed E-state index contributed by atoms with van der Waals surface area (Å²) in [5, 5.41) is 8.83. The van der Waals surface area contributed by atoms with Crippen LogP contribution in [0.2, 0.25) is 0 Å². The Balaban J connectivity index is 0.000000948. The van der Waals surface area contributed by atoms with Crippen LogP contribution in [-0.2, 0) is 17.8 Å². The average molecular weight is 358 g/mol. The Labute approximate surface area is 156 Å². The number of carboxylic acid groups (broad SMARTS) is 1. The van der Waals surface area contributed by atoms with Gasteiger partial charge in [-0.3, -0.25) is 9.59 Å². The van der Waals surface area contributed by atoms with Crippen molar-refractivity contribution in [3.8, 4) is 5.75 Å². The van der Waals surface area contributed by atoms with E-state index in [-0.39, 0.29) is 12.2 Å². The molecule has 2 aromatic carbocycles. The van der Waals surface area contributed by atoms with Crippen molar-refractivity contribution in [2.24, 2.45) is 0 Å². The second-order valence-corrected chi connectivity index (χ2v) is 4.68. The summed E-state index contributed by atoms with van der Waals surface area (Å²) in [5.74, 6) is -0.548. The predicted octanol–water partition coefficient (Wildman–Crippen LogP) is 5.52. The van der Waals surface area contributed by atoms with Gasteiger partial charge >= 0.3 is 5.97 Å². The molecule has 0 aromatic heterocycles. The van der Waals surface area contributed by atoms with E-state index < -0.39 is 5.97 Å². The first-order valence-electron chi connectivity index (χ1n) is 9.25. The molecule has 0 bridgehead atoms. The van der Waals surface area contributed by atoms with E-state index in [0.717, 1.165) is 5.56 Å². The van der Waals surface area contributed by atoms with Gasteiger partial charge in [-0.15, -0.1) is 0 Å². The van der Waals surface area contributed by atoms with Crippen LogP contribution in [0.25, 0.3) is 0 Å². The van der Waals surface area contributed by atoms with Gasteiger partial charge in [-0.2, -0.15) is 0 Å². The quantitative estimate of drug-likeness (QED) is 0.768. The molecule has 4 nitrogen and oxygen atoms in total. The van der Waals surface area contributed by atoms with Gasteiger partial charge < -0.3 is 9.84 Å². The zero-order valence-corrected chi connectivity index (χ0v) is 16.6. The van der Waals surface area contributed by atoms with Gasteiger partial charge in [-0.1, -0.05) is 71.9 Å². The topological polar surface area (TPSA) is 63.6 Å². The number of ketones is 1. The summed E-state index contributed by atoms with van der Waals surface area (Å²) in [6.07, 6.45) is -0.109. The molecule has 0 atom stereocenters. The number of hydrogen-bond acceptors (Lipinski definition) is 3. The number of aliphatic carboxylic acids is 1. The highest BCUT2D eigenvalue weighted by molar-refractivity contribution is 6.12. The summed E-state index contributed by atoms with van der Waals surface area (Å²) in [4.78, 5) is 23.3. The summed E-state index contributed by atoms with van der Waals surface area (Å²) >= 11 is 0. The minimum absolute atomic E-state index is 0.109. The van der Waals surface area contributed by atoms with Crippen LogP contribution in [0.3, 0.4) is 0 Å². The molecule has 0 spiro atoms. The van der Waals surface area contributed by atoms with Gasteiger partial charge in [-0.25, -0.2) is 0 Å². The van der Waals surface area contributed by atoms with Gasteiger partial charge in [0.15, 0.2) is 5.78 Å². The van der Waals surface area contributed by atoms with Crippen LogP contribution >= 0.6 is 0 Å². The van der Waals surface area contributed by atoms with E-state index in [1.807, 2.05) is 59.7 Å². The fourth-order valence-corrected chi connectivity index (χ4v) is 2.33. The van der Waals surface area contributed by atoms with E-state index in [1.54, 1.807) is 24.3 Å². The smallest absolute Gasteiger partial charge is 0.307 e. The maximum Gasteiger partial charge on any atom is 0.307 e. The van der Waals surface area contributed by atoms with Crippen molar-refractivity contribution in [1.29, 1.82) is 0 Å². The first kappa shape index (κ1) is 23.4. The SMILES string of the molecule is CC.CC.CC.O=C(O)Cc1ccc2c(c1)C(=O)c1ccccc1CO2. The zero-order chi connectivity index (χ0) is 20.1. The number of carbonyl (C=O) groups is 2. The molecular formula is C22H30O4. The van der Waals surface area contributed by atoms with Crippen molar-refractivity contribution in [3.05, 3.63) is 64.7 Å². The first-order chi connectivity index (χ1) is 12.6. The molecule has 1 N–H and O–H groups in total. The molecule has 4 heteroatoms. The molecule has 0 unspecified atom stereocenters. The van der Waals surface area contributed by atoms with E-state index in [4.69, 9.17) is 9.84 Å². The number of fused-ring (bicyclic) bond motifs is 2. The molecule has 0 radical (unpaired) electrons. The van der Waals surface area contributed by atoms with E-state index in [0.29, 0.717) is 29.0 Å². The maximum atomic E-state index is 12.5. The number of benzene rings is 2. The second kappa shape index (κ2) is 12.7. The normalized spacial score (nSPS) is 10.6. The monoisotopic (exact) mass is 358 g/mol. The largest absolute Gasteiger partial charge is 0.488 e. The number of carbonyl (C=O) groups excluding carboxylic acids is 1. The van der Waals surface area contributed by atoms with Crippen molar-refractivity contribution in [1.82, 2.24) is 0 Å². The Morgan fingerprint density at radius 2 is 1.58 bits per heavy atom. The van der Waals surface area contributed by atoms with Crippen molar-refractivity contribution in [2.75, 3.05) is 0 Å². The van der Waals surface area contributed by atoms with Crippen LogP contribution < -0.4 is 4.74 Å². The van der Waals surface area contributed by atoms with Crippen molar-refractivity contribution in [2.45, 2.75) is 54.6 Å². The number of rotatable bonds is 2. The lowest BCUT2D eigenvalue weighted by atomic mass is 9.97. The van der Waals surface area contributed by atoms with Crippen molar-refractivity contribution < 1.29 is 19.4 Å². The summed E-state index contributed by atoms with van der Waals surface area (Å²) < 4.78 is 5.64. The number of carboxylic acids is 1. The van der Waals surface area contributed by atoms with Gasteiger partial charge in [0.25, 0.3) is 0 Å². The molecule has 26 heavy (non-hydrogen) atoms. The average Bonchev–Trinajstić information content (AvgIpc) is 2.84. The predicted molar refractivity (Wildman–Crippen MR) is 106 cm³/mol. The van der Waals surface area contributed by atoms with Crippen LogP contribution in [0, 0.1) is 0 Å². The molecule has 1 aliphatic rings. The highest BCUT2D eigenvalue weighted by Gasteiger charge is 2.22. The molecular weight excluding hydrogens is 328 g/mol. The van der Waals surface area contributed by atoms with Crippen molar-refractivity contribution in [3.63, 3.8) is 0 Å². The van der Waals surface area contributed by atoms with Gasteiger partial charge in [0, 0.05) is 11.1 Å². The van der Waals surface area contributed by atoms with Crippen LogP contribution in [0.4, 0.5) is 0 Å². The van der Waals surface area contributed by atoms with Gasteiger partial charge in [-0.05, 0) is 17.7 Å². The number of hydrogen-bond donors (Lipinski definition) is 1. The highest BCUT2D eigenvalue weighted by Crippen LogP contribution is 2.29. The van der Waals surface area contributed by atoms with E-state index in [9.17, 15) is 9.59 Å². The minimum atomic E-state index is -0.924. The molecule has 0 saturated carbocycles. The molecule has 1 heterocycles. The molecule has 0 aliphatic carbocycles. The van der Waals surface area contributed by atoms with E-state index in [1.165, 1.54) is 0 Å². The van der Waals surface area contributed by atoms with Crippen LogP contribution in [0.1, 0.15) is 68.6 Å². The summed E-state index contributed by atoms with van der Waals surface area (Å²) in [6, 6.07) is 12.2.